The highest BCUT2D eigenvalue weighted by molar-refractivity contribution is 7.99. The minimum Gasteiger partial charge on any atom is -0.396 e. The molecule has 0 amide bonds. The van der Waals surface area contributed by atoms with Crippen LogP contribution in [0.4, 0.5) is 0 Å². The van der Waals surface area contributed by atoms with Crippen molar-refractivity contribution in [3.8, 4) is 6.07 Å². The van der Waals surface area contributed by atoms with E-state index in [0.717, 1.165) is 12.2 Å². The van der Waals surface area contributed by atoms with Crippen molar-refractivity contribution in [2.45, 2.75) is 49.9 Å². The number of nitriles is 1. The van der Waals surface area contributed by atoms with Gasteiger partial charge in [0.15, 0.2) is 0 Å². The minimum atomic E-state index is -0.400. The lowest BCUT2D eigenvalue weighted by Gasteiger charge is -2.26. The van der Waals surface area contributed by atoms with Crippen LogP contribution < -0.4 is 5.32 Å². The number of nitrogens with one attached hydrogen (secondary N) is 1. The maximum absolute atomic E-state index is 9.17. The van der Waals surface area contributed by atoms with E-state index in [1.165, 1.54) is 12.8 Å². The van der Waals surface area contributed by atoms with Gasteiger partial charge in [-0.1, -0.05) is 6.92 Å². The zero-order valence-corrected chi connectivity index (χ0v) is 10.3. The van der Waals surface area contributed by atoms with E-state index in [0.29, 0.717) is 11.3 Å². The third-order valence-corrected chi connectivity index (χ3v) is 3.69. The smallest absolute Gasteiger partial charge is 0.105 e. The van der Waals surface area contributed by atoms with Crippen LogP contribution in [0.3, 0.4) is 0 Å². The first kappa shape index (κ1) is 12.8. The molecule has 1 aliphatic rings. The molecule has 1 saturated carbocycles. The summed E-state index contributed by atoms with van der Waals surface area (Å²) in [6.07, 6.45) is 3.25. The Bertz CT molecular complexity index is 237. The van der Waals surface area contributed by atoms with Crippen LogP contribution in [0.1, 0.15) is 33.1 Å². The number of hydrogen-bond donors (Lipinski definition) is 2. The number of aliphatic hydroxyl groups excluding tert-OH is 1. The fraction of sp³-hybridized carbons (Fsp3) is 0.909. The van der Waals surface area contributed by atoms with E-state index in [-0.39, 0.29) is 6.61 Å². The lowest BCUT2D eigenvalue weighted by molar-refractivity contribution is 0.322. The van der Waals surface area contributed by atoms with Crippen molar-refractivity contribution < 1.29 is 5.11 Å². The number of nitrogens with zero attached hydrogens (tertiary/aromatic N) is 1. The molecule has 4 heteroatoms. The van der Waals surface area contributed by atoms with Gasteiger partial charge in [-0.25, -0.2) is 0 Å². The molecule has 0 spiro atoms. The van der Waals surface area contributed by atoms with Gasteiger partial charge in [-0.05, 0) is 26.2 Å². The molecule has 15 heavy (non-hydrogen) atoms. The average Bonchev–Trinajstić information content (AvgIpc) is 2.98. The van der Waals surface area contributed by atoms with Gasteiger partial charge in [-0.3, -0.25) is 5.32 Å². The largest absolute Gasteiger partial charge is 0.396 e. The Kier molecular flexibility index (Phi) is 4.91. The maximum atomic E-state index is 9.17. The van der Waals surface area contributed by atoms with Crippen LogP contribution in [0, 0.1) is 11.3 Å². The summed E-state index contributed by atoms with van der Waals surface area (Å²) in [4.78, 5) is 0. The van der Waals surface area contributed by atoms with Gasteiger partial charge in [0.1, 0.15) is 5.54 Å². The molecule has 1 rings (SSSR count). The van der Waals surface area contributed by atoms with E-state index in [1.807, 2.05) is 6.92 Å². The van der Waals surface area contributed by atoms with Gasteiger partial charge < -0.3 is 5.11 Å². The highest BCUT2D eigenvalue weighted by Crippen LogP contribution is 2.27. The van der Waals surface area contributed by atoms with Crippen LogP contribution in [0.15, 0.2) is 0 Å². The standard InChI is InChI=1S/C11H20N2OS/c1-9(15-6-5-14)7-11(2,8-12)13-10-3-4-10/h9-10,13-14H,3-7H2,1-2H3. The topological polar surface area (TPSA) is 56.0 Å². The molecule has 0 aromatic rings. The van der Waals surface area contributed by atoms with Crippen LogP contribution in [-0.2, 0) is 0 Å². The fourth-order valence-corrected chi connectivity index (χ4v) is 2.66. The van der Waals surface area contributed by atoms with Crippen LogP contribution in [-0.4, -0.2) is 34.3 Å². The monoisotopic (exact) mass is 228 g/mol. The maximum Gasteiger partial charge on any atom is 0.105 e. The number of rotatable bonds is 7. The van der Waals surface area contributed by atoms with E-state index < -0.39 is 5.54 Å². The Balaban J connectivity index is 2.33. The van der Waals surface area contributed by atoms with E-state index >= 15 is 0 Å². The van der Waals surface area contributed by atoms with Crippen LogP contribution in [0.25, 0.3) is 0 Å². The average molecular weight is 228 g/mol. The molecule has 1 aliphatic carbocycles. The van der Waals surface area contributed by atoms with Gasteiger partial charge in [-0.15, -0.1) is 0 Å². The molecule has 86 valence electrons. The van der Waals surface area contributed by atoms with Crippen molar-refractivity contribution in [3.63, 3.8) is 0 Å². The summed E-state index contributed by atoms with van der Waals surface area (Å²) in [6, 6.07) is 2.93. The van der Waals surface area contributed by atoms with Gasteiger partial charge >= 0.3 is 0 Å². The Morgan fingerprint density at radius 3 is 2.80 bits per heavy atom. The van der Waals surface area contributed by atoms with Crippen LogP contribution in [0.5, 0.6) is 0 Å². The molecule has 0 heterocycles. The molecule has 0 saturated heterocycles. The van der Waals surface area contributed by atoms with E-state index in [4.69, 9.17) is 10.4 Å². The molecule has 0 aliphatic heterocycles. The molecule has 2 N–H and O–H groups in total. The first-order valence-electron chi connectivity index (χ1n) is 5.51. The summed E-state index contributed by atoms with van der Waals surface area (Å²) in [5.74, 6) is 0.756. The van der Waals surface area contributed by atoms with Gasteiger partial charge in [-0.2, -0.15) is 17.0 Å². The molecule has 0 bridgehead atoms. The first-order chi connectivity index (χ1) is 7.09. The van der Waals surface area contributed by atoms with Crippen molar-refractivity contribution >= 4 is 11.8 Å². The SMILES string of the molecule is CC(CC(C)(C#N)NC1CC1)SCCO. The second-order valence-corrected chi connectivity index (χ2v) is 6.02. The van der Waals surface area contributed by atoms with Gasteiger partial charge in [0.2, 0.25) is 0 Å². The second-order valence-electron chi connectivity index (χ2n) is 4.47. The summed E-state index contributed by atoms with van der Waals surface area (Å²) in [6.45, 7) is 4.31. The third-order valence-electron chi connectivity index (χ3n) is 2.54. The van der Waals surface area contributed by atoms with E-state index in [1.54, 1.807) is 11.8 Å². The lowest BCUT2D eigenvalue weighted by atomic mass is 9.98. The summed E-state index contributed by atoms with van der Waals surface area (Å²) >= 11 is 1.73. The normalized spacial score (nSPS) is 21.7. The minimum absolute atomic E-state index is 0.217. The zero-order chi connectivity index (χ0) is 11.3. The predicted octanol–water partition coefficient (Wildman–Crippen LogP) is 1.52. The van der Waals surface area contributed by atoms with Crippen LogP contribution >= 0.6 is 11.8 Å². The van der Waals surface area contributed by atoms with Crippen molar-refractivity contribution in [3.05, 3.63) is 0 Å². The summed E-state index contributed by atoms with van der Waals surface area (Å²) < 4.78 is 0. The van der Waals surface area contributed by atoms with Gasteiger partial charge in [0.25, 0.3) is 0 Å². The van der Waals surface area contributed by atoms with Crippen molar-refractivity contribution in [2.75, 3.05) is 12.4 Å². The number of thioether (sulfide) groups is 1. The molecular weight excluding hydrogens is 208 g/mol. The summed E-state index contributed by atoms with van der Waals surface area (Å²) in [5, 5.41) is 21.7. The Morgan fingerprint density at radius 2 is 2.33 bits per heavy atom. The Labute approximate surface area is 96.2 Å². The second kappa shape index (κ2) is 5.74. The molecule has 2 unspecified atom stereocenters. The highest BCUT2D eigenvalue weighted by Gasteiger charge is 2.33. The van der Waals surface area contributed by atoms with E-state index in [2.05, 4.69) is 18.3 Å². The molecule has 2 atom stereocenters. The molecular formula is C11H20N2OS. The lowest BCUT2D eigenvalue weighted by Crippen LogP contribution is -2.44. The molecule has 0 aromatic carbocycles. The Morgan fingerprint density at radius 1 is 1.67 bits per heavy atom. The number of hydrogen-bond acceptors (Lipinski definition) is 4. The van der Waals surface area contributed by atoms with Gasteiger partial charge in [0.05, 0.1) is 12.7 Å². The third kappa shape index (κ3) is 4.87. The molecule has 0 radical (unpaired) electrons. The highest BCUT2D eigenvalue weighted by atomic mass is 32.2. The number of aliphatic hydroxyl groups is 1. The molecule has 0 aromatic heterocycles. The molecule has 1 fully saturated rings. The Hall–Kier alpha value is -0.240. The van der Waals surface area contributed by atoms with Gasteiger partial charge in [0, 0.05) is 17.0 Å². The fourth-order valence-electron chi connectivity index (χ4n) is 1.70. The quantitative estimate of drug-likeness (QED) is 0.694. The van der Waals surface area contributed by atoms with Crippen molar-refractivity contribution in [1.82, 2.24) is 5.32 Å². The van der Waals surface area contributed by atoms with E-state index in [9.17, 15) is 0 Å². The summed E-state index contributed by atoms with van der Waals surface area (Å²) in [5.41, 5.74) is -0.400. The zero-order valence-electron chi connectivity index (χ0n) is 9.49. The predicted molar refractivity (Wildman–Crippen MR) is 63.8 cm³/mol. The first-order valence-corrected chi connectivity index (χ1v) is 6.56. The summed E-state index contributed by atoms with van der Waals surface area (Å²) in [7, 11) is 0. The van der Waals surface area contributed by atoms with Crippen molar-refractivity contribution in [1.29, 1.82) is 5.26 Å². The van der Waals surface area contributed by atoms with Crippen molar-refractivity contribution in [2.24, 2.45) is 0 Å². The van der Waals surface area contributed by atoms with Crippen LogP contribution in [0.2, 0.25) is 0 Å². The molecule has 3 nitrogen and oxygen atoms in total.